The fourth-order valence-electron chi connectivity index (χ4n) is 3.46. The van der Waals surface area contributed by atoms with Gasteiger partial charge in [-0.2, -0.15) is 0 Å². The minimum atomic E-state index is 0.545. The summed E-state index contributed by atoms with van der Waals surface area (Å²) in [6.07, 6.45) is 14.9. The standard InChI is InChI=1S/C17H21N5/c1-12-14(7-8-19-12)16-17(20-13-5-3-2-4-6-13)22-10-9-18-11-15(22)21-16/h8-11,13,20H,2-7H2,1H3. The average molecular weight is 295 g/mol. The van der Waals surface area contributed by atoms with E-state index in [1.807, 2.05) is 24.8 Å². The Bertz CT molecular complexity index is 749. The summed E-state index contributed by atoms with van der Waals surface area (Å²) < 4.78 is 2.12. The zero-order valence-electron chi connectivity index (χ0n) is 12.9. The van der Waals surface area contributed by atoms with E-state index in [0.29, 0.717) is 6.04 Å². The van der Waals surface area contributed by atoms with Crippen LogP contribution < -0.4 is 5.32 Å². The molecule has 0 unspecified atom stereocenters. The summed E-state index contributed by atoms with van der Waals surface area (Å²) in [4.78, 5) is 13.4. The number of nitrogens with one attached hydrogen (secondary N) is 1. The SMILES string of the molecule is CC1=C(c2nc3cnccn3c2NC2CCCCC2)CC=N1. The van der Waals surface area contributed by atoms with Gasteiger partial charge in [0.2, 0.25) is 0 Å². The van der Waals surface area contributed by atoms with Crippen LogP contribution in [-0.4, -0.2) is 26.6 Å². The van der Waals surface area contributed by atoms with E-state index in [0.717, 1.165) is 29.3 Å². The molecule has 1 aliphatic carbocycles. The van der Waals surface area contributed by atoms with E-state index < -0.39 is 0 Å². The first-order chi connectivity index (χ1) is 10.8. The summed E-state index contributed by atoms with van der Waals surface area (Å²) in [5.74, 6) is 1.10. The van der Waals surface area contributed by atoms with Crippen molar-refractivity contribution >= 4 is 23.3 Å². The van der Waals surface area contributed by atoms with E-state index in [-0.39, 0.29) is 0 Å². The summed E-state index contributed by atoms with van der Waals surface area (Å²) in [6, 6.07) is 0.545. The molecule has 5 heteroatoms. The average Bonchev–Trinajstić information content (AvgIpc) is 3.12. The third-order valence-corrected chi connectivity index (χ3v) is 4.68. The molecule has 2 aromatic heterocycles. The molecule has 5 nitrogen and oxygen atoms in total. The van der Waals surface area contributed by atoms with E-state index >= 15 is 0 Å². The van der Waals surface area contributed by atoms with Crippen molar-refractivity contribution in [1.82, 2.24) is 14.4 Å². The summed E-state index contributed by atoms with van der Waals surface area (Å²) >= 11 is 0. The predicted octanol–water partition coefficient (Wildman–Crippen LogP) is 3.68. The Morgan fingerprint density at radius 1 is 1.23 bits per heavy atom. The lowest BCUT2D eigenvalue weighted by atomic mass is 9.95. The largest absolute Gasteiger partial charge is 0.367 e. The Kier molecular flexibility index (Phi) is 3.41. The molecule has 22 heavy (non-hydrogen) atoms. The molecule has 1 fully saturated rings. The van der Waals surface area contributed by atoms with Crippen molar-refractivity contribution in [2.45, 2.75) is 51.5 Å². The van der Waals surface area contributed by atoms with E-state index in [4.69, 9.17) is 4.98 Å². The quantitative estimate of drug-likeness (QED) is 0.939. The van der Waals surface area contributed by atoms with Gasteiger partial charge in [-0.05, 0) is 19.8 Å². The highest BCUT2D eigenvalue weighted by atomic mass is 15.2. The second-order valence-electron chi connectivity index (χ2n) is 6.17. The van der Waals surface area contributed by atoms with E-state index in [1.54, 1.807) is 0 Å². The molecule has 4 rings (SSSR count). The Morgan fingerprint density at radius 3 is 2.86 bits per heavy atom. The molecule has 1 saturated carbocycles. The van der Waals surface area contributed by atoms with Crippen molar-refractivity contribution in [1.29, 1.82) is 0 Å². The van der Waals surface area contributed by atoms with Crippen LogP contribution in [0.4, 0.5) is 5.82 Å². The molecule has 2 aliphatic rings. The molecule has 0 atom stereocenters. The van der Waals surface area contributed by atoms with Gasteiger partial charge in [0.15, 0.2) is 5.65 Å². The number of fused-ring (bicyclic) bond motifs is 1. The van der Waals surface area contributed by atoms with E-state index in [2.05, 4.69) is 26.6 Å². The lowest BCUT2D eigenvalue weighted by Crippen LogP contribution is -2.23. The van der Waals surface area contributed by atoms with E-state index in [1.165, 1.54) is 37.7 Å². The third kappa shape index (κ3) is 2.30. The molecule has 0 saturated heterocycles. The minimum Gasteiger partial charge on any atom is -0.367 e. The fourth-order valence-corrected chi connectivity index (χ4v) is 3.46. The van der Waals surface area contributed by atoms with Crippen LogP contribution in [0.2, 0.25) is 0 Å². The highest BCUT2D eigenvalue weighted by Crippen LogP contribution is 2.33. The van der Waals surface area contributed by atoms with Gasteiger partial charge in [0, 0.05) is 42.3 Å². The van der Waals surface area contributed by atoms with E-state index in [9.17, 15) is 0 Å². The maximum absolute atomic E-state index is 4.81. The molecule has 1 aliphatic heterocycles. The molecule has 0 spiro atoms. The van der Waals surface area contributed by atoms with Crippen LogP contribution >= 0.6 is 0 Å². The van der Waals surface area contributed by atoms with Gasteiger partial charge in [-0.3, -0.25) is 14.4 Å². The maximum atomic E-state index is 4.81. The molecular weight excluding hydrogens is 274 g/mol. The molecule has 0 radical (unpaired) electrons. The van der Waals surface area contributed by atoms with Crippen LogP contribution in [0.25, 0.3) is 11.2 Å². The van der Waals surface area contributed by atoms with Crippen molar-refractivity contribution in [2.24, 2.45) is 4.99 Å². The first kappa shape index (κ1) is 13.5. The Balaban J connectivity index is 1.78. The minimum absolute atomic E-state index is 0.545. The molecule has 3 heterocycles. The highest BCUT2D eigenvalue weighted by molar-refractivity contribution is 5.89. The second-order valence-corrected chi connectivity index (χ2v) is 6.17. The van der Waals surface area contributed by atoms with Gasteiger partial charge in [-0.15, -0.1) is 0 Å². The van der Waals surface area contributed by atoms with Crippen molar-refractivity contribution in [3.05, 3.63) is 30.0 Å². The maximum Gasteiger partial charge on any atom is 0.157 e. The number of aliphatic imine (C=N–C) groups is 1. The third-order valence-electron chi connectivity index (χ3n) is 4.68. The molecule has 114 valence electrons. The zero-order valence-corrected chi connectivity index (χ0v) is 12.9. The van der Waals surface area contributed by atoms with Crippen LogP contribution in [0.5, 0.6) is 0 Å². The molecule has 0 aromatic carbocycles. The normalized spacial score (nSPS) is 19.3. The zero-order chi connectivity index (χ0) is 14.9. The number of aromatic nitrogens is 3. The second kappa shape index (κ2) is 5.55. The topological polar surface area (TPSA) is 54.6 Å². The fraction of sp³-hybridized carbons (Fsp3) is 0.471. The van der Waals surface area contributed by atoms with Gasteiger partial charge < -0.3 is 5.32 Å². The van der Waals surface area contributed by atoms with Crippen molar-refractivity contribution in [3.63, 3.8) is 0 Å². The lowest BCUT2D eigenvalue weighted by Gasteiger charge is -2.24. The van der Waals surface area contributed by atoms with Gasteiger partial charge in [-0.25, -0.2) is 4.98 Å². The van der Waals surface area contributed by atoms with Crippen LogP contribution in [0, 0.1) is 0 Å². The van der Waals surface area contributed by atoms with Gasteiger partial charge >= 0.3 is 0 Å². The highest BCUT2D eigenvalue weighted by Gasteiger charge is 2.22. The number of anilines is 1. The first-order valence-corrected chi connectivity index (χ1v) is 8.14. The van der Waals surface area contributed by atoms with Crippen LogP contribution in [0.3, 0.4) is 0 Å². The number of imidazole rings is 1. The van der Waals surface area contributed by atoms with Crippen molar-refractivity contribution in [3.8, 4) is 0 Å². The summed E-state index contributed by atoms with van der Waals surface area (Å²) in [6.45, 7) is 2.06. The van der Waals surface area contributed by atoms with Gasteiger partial charge in [-0.1, -0.05) is 19.3 Å². The predicted molar refractivity (Wildman–Crippen MR) is 89.2 cm³/mol. The van der Waals surface area contributed by atoms with Crippen molar-refractivity contribution in [2.75, 3.05) is 5.32 Å². The lowest BCUT2D eigenvalue weighted by molar-refractivity contribution is 0.461. The number of nitrogens with zero attached hydrogens (tertiary/aromatic N) is 4. The Labute approximate surface area is 130 Å². The van der Waals surface area contributed by atoms with Gasteiger partial charge in [0.1, 0.15) is 11.5 Å². The number of hydrogen-bond donors (Lipinski definition) is 1. The smallest absolute Gasteiger partial charge is 0.157 e. The molecule has 0 amide bonds. The van der Waals surface area contributed by atoms with Crippen LogP contribution in [0.15, 0.2) is 29.3 Å². The molecule has 2 aromatic rings. The number of rotatable bonds is 3. The van der Waals surface area contributed by atoms with Crippen LogP contribution in [-0.2, 0) is 0 Å². The number of allylic oxidation sites excluding steroid dienone is 2. The summed E-state index contributed by atoms with van der Waals surface area (Å²) in [7, 11) is 0. The monoisotopic (exact) mass is 295 g/mol. The Hall–Kier alpha value is -2.17. The number of hydrogen-bond acceptors (Lipinski definition) is 4. The van der Waals surface area contributed by atoms with Gasteiger partial charge in [0.05, 0.1) is 6.20 Å². The molecule has 0 bridgehead atoms. The van der Waals surface area contributed by atoms with Crippen molar-refractivity contribution < 1.29 is 0 Å². The van der Waals surface area contributed by atoms with Crippen LogP contribution in [0.1, 0.15) is 51.1 Å². The molecule has 1 N–H and O–H groups in total. The summed E-state index contributed by atoms with van der Waals surface area (Å²) in [5.41, 5.74) is 4.22. The van der Waals surface area contributed by atoms with Gasteiger partial charge in [0.25, 0.3) is 0 Å². The Morgan fingerprint density at radius 2 is 2.09 bits per heavy atom. The molecular formula is C17H21N5. The first-order valence-electron chi connectivity index (χ1n) is 8.14. The summed E-state index contributed by atoms with van der Waals surface area (Å²) in [5, 5.41) is 3.75.